The van der Waals surface area contributed by atoms with Crippen LogP contribution in [0.3, 0.4) is 0 Å². The highest BCUT2D eigenvalue weighted by Crippen LogP contribution is 2.17. The first-order chi connectivity index (χ1) is 14.7. The maximum Gasteiger partial charge on any atom is 0.332 e. The number of halogens is 1. The molecule has 0 fully saturated rings. The second kappa shape index (κ2) is 11.2. The molecule has 2 aromatic heterocycles. The summed E-state index contributed by atoms with van der Waals surface area (Å²) in [4.78, 5) is 34.6. The molecule has 0 N–H and O–H groups in total. The minimum Gasteiger partial charge on any atom is -0.484 e. The van der Waals surface area contributed by atoms with Gasteiger partial charge in [-0.05, 0) is 39.3 Å². The van der Waals surface area contributed by atoms with Gasteiger partial charge < -0.3 is 9.47 Å². The molecule has 0 amide bonds. The number of hydrogen-bond donors (Lipinski definition) is 0. The summed E-state index contributed by atoms with van der Waals surface area (Å²) in [6.07, 6.45) is 2.69. The summed E-state index contributed by atoms with van der Waals surface area (Å²) >= 11 is 5.90. The van der Waals surface area contributed by atoms with Crippen molar-refractivity contribution < 1.29 is 9.47 Å². The van der Waals surface area contributed by atoms with E-state index in [0.717, 1.165) is 5.69 Å². The van der Waals surface area contributed by atoms with Gasteiger partial charge in [0.1, 0.15) is 5.82 Å². The molecule has 0 saturated carbocycles. The Morgan fingerprint density at radius 2 is 2.00 bits per heavy atom. The molecule has 0 spiro atoms. The average molecular weight is 451 g/mol. The fourth-order valence-corrected chi connectivity index (χ4v) is 3.44. The van der Waals surface area contributed by atoms with Gasteiger partial charge in [0.15, 0.2) is 5.90 Å². The number of aromatic nitrogens is 3. The molecule has 0 aromatic carbocycles. The molecule has 0 saturated heterocycles. The maximum absolute atomic E-state index is 12.9. The zero-order chi connectivity index (χ0) is 23.1. The van der Waals surface area contributed by atoms with Gasteiger partial charge in [0.2, 0.25) is 0 Å². The topological polar surface area (TPSA) is 87.7 Å². The van der Waals surface area contributed by atoms with E-state index in [4.69, 9.17) is 21.1 Å². The van der Waals surface area contributed by atoms with Crippen LogP contribution in [0.1, 0.15) is 38.4 Å². The molecular formula is C22H31ClN4O4. The zero-order valence-corrected chi connectivity index (χ0v) is 19.8. The van der Waals surface area contributed by atoms with Crippen LogP contribution < -0.4 is 11.2 Å². The Morgan fingerprint density at radius 3 is 2.58 bits per heavy atom. The summed E-state index contributed by atoms with van der Waals surface area (Å²) < 4.78 is 13.6. The maximum atomic E-state index is 12.9. The van der Waals surface area contributed by atoms with E-state index < -0.39 is 5.69 Å². The van der Waals surface area contributed by atoms with E-state index in [9.17, 15) is 9.59 Å². The van der Waals surface area contributed by atoms with Gasteiger partial charge in [0.25, 0.3) is 5.56 Å². The molecule has 8 nitrogen and oxygen atoms in total. The Bertz CT molecular complexity index is 990. The van der Waals surface area contributed by atoms with Crippen LogP contribution in [0.2, 0.25) is 5.02 Å². The molecule has 2 atom stereocenters. The van der Waals surface area contributed by atoms with Crippen molar-refractivity contribution in [2.75, 3.05) is 13.7 Å². The van der Waals surface area contributed by atoms with Gasteiger partial charge in [-0.15, -0.1) is 0 Å². The summed E-state index contributed by atoms with van der Waals surface area (Å²) in [7, 11) is 3.13. The lowest BCUT2D eigenvalue weighted by atomic mass is 10.0. The van der Waals surface area contributed by atoms with E-state index >= 15 is 0 Å². The number of aliphatic imine (C=N–C) groups is 1. The summed E-state index contributed by atoms with van der Waals surface area (Å²) in [5.74, 6) is 0.580. The predicted octanol–water partition coefficient (Wildman–Crippen LogP) is 3.27. The third kappa shape index (κ3) is 6.27. The normalized spacial score (nSPS) is 13.8. The number of ether oxygens (including phenoxy) is 2. The first kappa shape index (κ1) is 24.8. The Kier molecular flexibility index (Phi) is 9.00. The van der Waals surface area contributed by atoms with Crippen molar-refractivity contribution in [1.82, 2.24) is 14.1 Å². The van der Waals surface area contributed by atoms with Crippen molar-refractivity contribution in [2.24, 2.45) is 18.0 Å². The molecule has 2 rings (SSSR count). The Morgan fingerprint density at radius 1 is 1.29 bits per heavy atom. The van der Waals surface area contributed by atoms with Crippen LogP contribution in [0, 0.1) is 12.8 Å². The van der Waals surface area contributed by atoms with Crippen molar-refractivity contribution >= 4 is 23.3 Å². The number of hydrogen-bond acceptors (Lipinski definition) is 6. The van der Waals surface area contributed by atoms with E-state index in [1.54, 1.807) is 26.2 Å². The molecular weight excluding hydrogens is 420 g/mol. The highest BCUT2D eigenvalue weighted by atomic mass is 35.5. The molecule has 0 aliphatic heterocycles. The van der Waals surface area contributed by atoms with E-state index in [2.05, 4.69) is 9.98 Å². The number of nitrogens with zero attached hydrogens (tertiary/aromatic N) is 4. The van der Waals surface area contributed by atoms with E-state index in [-0.39, 0.29) is 29.9 Å². The summed E-state index contributed by atoms with van der Waals surface area (Å²) in [5.41, 5.74) is 0.456. The Balaban J connectivity index is 2.35. The van der Waals surface area contributed by atoms with Crippen molar-refractivity contribution in [3.05, 3.63) is 55.4 Å². The number of rotatable bonds is 9. The highest BCUT2D eigenvalue weighted by molar-refractivity contribution is 6.30. The standard InChI is InChI=1S/C22H31ClN4O4/c1-7-31-15(3)10-11-27-21(28)16(4)19(26(5)22(27)29)25-20(30-6)14(2)12-18-9-8-17(23)13-24-18/h8-9,13-15H,7,10-12H2,1-6H3. The smallest absolute Gasteiger partial charge is 0.332 e. The Hall–Kier alpha value is -2.45. The van der Waals surface area contributed by atoms with Gasteiger partial charge in [0.05, 0.1) is 23.8 Å². The van der Waals surface area contributed by atoms with Gasteiger partial charge in [0, 0.05) is 44.4 Å². The lowest BCUT2D eigenvalue weighted by Gasteiger charge is -2.17. The van der Waals surface area contributed by atoms with Crippen LogP contribution in [0.25, 0.3) is 0 Å². The van der Waals surface area contributed by atoms with Gasteiger partial charge in [-0.1, -0.05) is 18.5 Å². The number of methoxy groups -OCH3 is 1. The molecule has 2 aromatic rings. The third-order valence-corrected chi connectivity index (χ3v) is 5.32. The molecule has 0 bridgehead atoms. The van der Waals surface area contributed by atoms with Crippen molar-refractivity contribution in [3.63, 3.8) is 0 Å². The summed E-state index contributed by atoms with van der Waals surface area (Å²) in [6.45, 7) is 8.32. The van der Waals surface area contributed by atoms with Crippen molar-refractivity contribution in [3.8, 4) is 0 Å². The average Bonchev–Trinajstić information content (AvgIpc) is 2.74. The Labute approximate surface area is 187 Å². The van der Waals surface area contributed by atoms with E-state index in [1.807, 2.05) is 26.8 Å². The minimum atomic E-state index is -0.416. The quantitative estimate of drug-likeness (QED) is 0.432. The van der Waals surface area contributed by atoms with Crippen LogP contribution in [-0.2, 0) is 29.5 Å². The van der Waals surface area contributed by atoms with Gasteiger partial charge in [-0.2, -0.15) is 4.99 Å². The molecule has 0 aliphatic rings. The first-order valence-electron chi connectivity index (χ1n) is 10.3. The molecule has 0 aliphatic carbocycles. The third-order valence-electron chi connectivity index (χ3n) is 5.10. The lowest BCUT2D eigenvalue weighted by molar-refractivity contribution is 0.0666. The monoisotopic (exact) mass is 450 g/mol. The first-order valence-corrected chi connectivity index (χ1v) is 10.7. The fourth-order valence-electron chi connectivity index (χ4n) is 3.33. The lowest BCUT2D eigenvalue weighted by Crippen LogP contribution is -2.41. The summed E-state index contributed by atoms with van der Waals surface area (Å²) in [5, 5.41) is 0.568. The second-order valence-corrected chi connectivity index (χ2v) is 7.97. The van der Waals surface area contributed by atoms with Crippen LogP contribution in [-0.4, -0.2) is 39.8 Å². The molecule has 2 heterocycles. The van der Waals surface area contributed by atoms with Crippen molar-refractivity contribution in [1.29, 1.82) is 0 Å². The van der Waals surface area contributed by atoms with Crippen LogP contribution >= 0.6 is 11.6 Å². The van der Waals surface area contributed by atoms with E-state index in [1.165, 1.54) is 16.2 Å². The van der Waals surface area contributed by atoms with Gasteiger partial charge in [-0.3, -0.25) is 18.9 Å². The fraction of sp³-hybridized carbons (Fsp3) is 0.545. The molecule has 31 heavy (non-hydrogen) atoms. The van der Waals surface area contributed by atoms with Crippen LogP contribution in [0.15, 0.2) is 32.9 Å². The van der Waals surface area contributed by atoms with Crippen LogP contribution in [0.4, 0.5) is 5.82 Å². The molecule has 2 unspecified atom stereocenters. The van der Waals surface area contributed by atoms with Crippen LogP contribution in [0.5, 0.6) is 0 Å². The largest absolute Gasteiger partial charge is 0.484 e. The summed E-state index contributed by atoms with van der Waals surface area (Å²) in [6, 6.07) is 3.62. The van der Waals surface area contributed by atoms with Gasteiger partial charge >= 0.3 is 5.69 Å². The van der Waals surface area contributed by atoms with Crippen molar-refractivity contribution in [2.45, 2.75) is 53.2 Å². The molecule has 170 valence electrons. The number of pyridine rings is 1. The molecule has 0 radical (unpaired) electrons. The highest BCUT2D eigenvalue weighted by Gasteiger charge is 2.18. The zero-order valence-electron chi connectivity index (χ0n) is 19.0. The second-order valence-electron chi connectivity index (χ2n) is 7.53. The minimum absolute atomic E-state index is 0.0398. The van der Waals surface area contributed by atoms with Gasteiger partial charge in [-0.25, -0.2) is 4.79 Å². The molecule has 9 heteroatoms. The van der Waals surface area contributed by atoms with E-state index in [0.29, 0.717) is 35.9 Å². The SMILES string of the molecule is CCOC(C)CCn1c(=O)c(C)c(N=C(OC)C(C)Cc2ccc(Cl)cn2)n(C)c1=O. The predicted molar refractivity (Wildman–Crippen MR) is 123 cm³/mol.